The molecule has 2 N–H and O–H groups in total. The molecule has 2 heterocycles. The van der Waals surface area contributed by atoms with Crippen LogP contribution in [0.4, 0.5) is 10.6 Å². The second kappa shape index (κ2) is 7.25. The molecule has 1 aromatic heterocycles. The number of nitrogens with one attached hydrogen (secondary N) is 2. The molecule has 126 valence electrons. The van der Waals surface area contributed by atoms with Crippen LogP contribution in [0.5, 0.6) is 0 Å². The number of urea groups is 1. The van der Waals surface area contributed by atoms with E-state index in [-0.39, 0.29) is 6.03 Å². The van der Waals surface area contributed by atoms with E-state index in [1.165, 1.54) is 45.1 Å². The number of amides is 2. The van der Waals surface area contributed by atoms with Crippen LogP contribution in [0.2, 0.25) is 0 Å². The molecule has 0 radical (unpaired) electrons. The van der Waals surface area contributed by atoms with Crippen molar-refractivity contribution in [1.29, 1.82) is 0 Å². The number of hydrogen-bond donors (Lipinski definition) is 2. The van der Waals surface area contributed by atoms with Gasteiger partial charge in [0.25, 0.3) is 0 Å². The second-order valence-corrected chi connectivity index (χ2v) is 6.81. The molecule has 2 fully saturated rings. The van der Waals surface area contributed by atoms with Crippen LogP contribution in [-0.4, -0.2) is 46.3 Å². The number of rotatable bonds is 4. The van der Waals surface area contributed by atoms with Gasteiger partial charge in [0.05, 0.1) is 5.69 Å². The highest BCUT2D eigenvalue weighted by atomic mass is 16.2. The van der Waals surface area contributed by atoms with Crippen LogP contribution >= 0.6 is 0 Å². The molecule has 1 aliphatic heterocycles. The first kappa shape index (κ1) is 16.2. The average Bonchev–Trinajstić information content (AvgIpc) is 2.51. The van der Waals surface area contributed by atoms with E-state index in [0.717, 1.165) is 17.3 Å². The average molecular weight is 317 g/mol. The Morgan fingerprint density at radius 2 is 2.00 bits per heavy atom. The number of carbonyl (C=O) groups is 1. The van der Waals surface area contributed by atoms with Crippen molar-refractivity contribution in [3.05, 3.63) is 17.3 Å². The number of carbonyl (C=O) groups excluding carboxylic acids is 1. The van der Waals surface area contributed by atoms with Crippen molar-refractivity contribution in [2.75, 3.05) is 18.4 Å². The fraction of sp³-hybridized carbons (Fsp3) is 0.706. The number of aryl methyl sites for hydroxylation is 2. The first-order chi connectivity index (χ1) is 11.1. The van der Waals surface area contributed by atoms with Crippen molar-refractivity contribution >= 4 is 11.8 Å². The van der Waals surface area contributed by atoms with E-state index >= 15 is 0 Å². The van der Waals surface area contributed by atoms with Gasteiger partial charge in [-0.25, -0.2) is 4.79 Å². The van der Waals surface area contributed by atoms with E-state index < -0.39 is 0 Å². The molecule has 1 aliphatic carbocycles. The minimum atomic E-state index is -0.196. The van der Waals surface area contributed by atoms with E-state index in [0.29, 0.717) is 18.4 Å². The SMILES string of the molecule is Cc1cc(NC(=O)NCC2CCN2C2CCCCC2)nnc1C. The molecule has 6 nitrogen and oxygen atoms in total. The van der Waals surface area contributed by atoms with E-state index in [9.17, 15) is 4.79 Å². The molecule has 1 unspecified atom stereocenters. The van der Waals surface area contributed by atoms with Gasteiger partial charge in [0.15, 0.2) is 5.82 Å². The number of nitrogens with zero attached hydrogens (tertiary/aromatic N) is 3. The summed E-state index contributed by atoms with van der Waals surface area (Å²) in [6, 6.07) is 2.88. The number of anilines is 1. The van der Waals surface area contributed by atoms with Gasteiger partial charge in [0.2, 0.25) is 0 Å². The van der Waals surface area contributed by atoms with Crippen LogP contribution < -0.4 is 10.6 Å². The standard InChI is InChI=1S/C17H27N5O/c1-12-10-16(21-20-13(12)2)19-17(23)18-11-15-8-9-22(15)14-6-4-3-5-7-14/h10,14-15H,3-9,11H2,1-2H3,(H2,18,19,21,23). The Bertz CT molecular complexity index is 556. The molecular formula is C17H27N5O. The van der Waals surface area contributed by atoms with Crippen molar-refractivity contribution in [3.63, 3.8) is 0 Å². The summed E-state index contributed by atoms with van der Waals surface area (Å²) in [4.78, 5) is 14.6. The van der Waals surface area contributed by atoms with Gasteiger partial charge in [-0.1, -0.05) is 19.3 Å². The van der Waals surface area contributed by atoms with Gasteiger partial charge in [-0.3, -0.25) is 10.2 Å². The Labute approximate surface area is 138 Å². The Morgan fingerprint density at radius 3 is 2.65 bits per heavy atom. The van der Waals surface area contributed by atoms with Gasteiger partial charge in [-0.2, -0.15) is 5.10 Å². The Morgan fingerprint density at radius 1 is 1.22 bits per heavy atom. The van der Waals surface area contributed by atoms with E-state index in [4.69, 9.17) is 0 Å². The molecule has 1 aromatic rings. The smallest absolute Gasteiger partial charge is 0.320 e. The van der Waals surface area contributed by atoms with Gasteiger partial charge in [-0.05, 0) is 44.7 Å². The minimum absolute atomic E-state index is 0.196. The molecule has 0 bridgehead atoms. The summed E-state index contributed by atoms with van der Waals surface area (Å²) in [7, 11) is 0. The molecule has 0 aromatic carbocycles. The maximum absolute atomic E-state index is 12.0. The topological polar surface area (TPSA) is 70.2 Å². The van der Waals surface area contributed by atoms with Crippen LogP contribution in [0.25, 0.3) is 0 Å². The van der Waals surface area contributed by atoms with Crippen molar-refractivity contribution in [2.45, 2.75) is 64.5 Å². The lowest BCUT2D eigenvalue weighted by molar-refractivity contribution is 0.0258. The summed E-state index contributed by atoms with van der Waals surface area (Å²) in [5, 5.41) is 13.8. The van der Waals surface area contributed by atoms with Crippen LogP contribution in [0.15, 0.2) is 6.07 Å². The fourth-order valence-corrected chi connectivity index (χ4v) is 3.55. The lowest BCUT2D eigenvalue weighted by Gasteiger charge is -2.47. The summed E-state index contributed by atoms with van der Waals surface area (Å²) >= 11 is 0. The minimum Gasteiger partial charge on any atom is -0.336 e. The molecule has 1 saturated heterocycles. The van der Waals surface area contributed by atoms with Gasteiger partial charge in [0.1, 0.15) is 0 Å². The zero-order chi connectivity index (χ0) is 16.2. The highest BCUT2D eigenvalue weighted by Crippen LogP contribution is 2.29. The molecule has 2 amide bonds. The third kappa shape index (κ3) is 3.99. The highest BCUT2D eigenvalue weighted by molar-refractivity contribution is 5.88. The number of aromatic nitrogens is 2. The van der Waals surface area contributed by atoms with Crippen molar-refractivity contribution in [1.82, 2.24) is 20.4 Å². The maximum Gasteiger partial charge on any atom is 0.320 e. The van der Waals surface area contributed by atoms with Crippen LogP contribution in [0, 0.1) is 13.8 Å². The molecule has 1 atom stereocenters. The first-order valence-corrected chi connectivity index (χ1v) is 8.75. The maximum atomic E-state index is 12.0. The molecule has 3 rings (SSSR count). The molecule has 6 heteroatoms. The number of hydrogen-bond acceptors (Lipinski definition) is 4. The van der Waals surface area contributed by atoms with Crippen LogP contribution in [0.1, 0.15) is 49.8 Å². The molecule has 23 heavy (non-hydrogen) atoms. The van der Waals surface area contributed by atoms with Gasteiger partial charge in [0, 0.05) is 25.2 Å². The zero-order valence-electron chi connectivity index (χ0n) is 14.1. The summed E-state index contributed by atoms with van der Waals surface area (Å²) in [5.41, 5.74) is 1.91. The first-order valence-electron chi connectivity index (χ1n) is 8.75. The fourth-order valence-electron chi connectivity index (χ4n) is 3.55. The van der Waals surface area contributed by atoms with E-state index in [1.807, 2.05) is 19.9 Å². The van der Waals surface area contributed by atoms with Crippen LogP contribution in [-0.2, 0) is 0 Å². The van der Waals surface area contributed by atoms with E-state index in [2.05, 4.69) is 25.7 Å². The van der Waals surface area contributed by atoms with Gasteiger partial charge < -0.3 is 5.32 Å². The molecule has 2 aliphatic rings. The molecular weight excluding hydrogens is 290 g/mol. The summed E-state index contributed by atoms with van der Waals surface area (Å²) in [5.74, 6) is 0.503. The third-order valence-corrected chi connectivity index (χ3v) is 5.20. The summed E-state index contributed by atoms with van der Waals surface area (Å²) in [6.07, 6.45) is 7.91. The number of likely N-dealkylation sites (tertiary alicyclic amines) is 1. The zero-order valence-corrected chi connectivity index (χ0v) is 14.1. The second-order valence-electron chi connectivity index (χ2n) is 6.81. The Balaban J connectivity index is 1.44. The monoisotopic (exact) mass is 317 g/mol. The van der Waals surface area contributed by atoms with E-state index in [1.54, 1.807) is 0 Å². The third-order valence-electron chi connectivity index (χ3n) is 5.20. The normalized spacial score (nSPS) is 22.4. The Kier molecular flexibility index (Phi) is 5.10. The Hall–Kier alpha value is -1.69. The predicted octanol–water partition coefficient (Wildman–Crippen LogP) is 2.62. The lowest BCUT2D eigenvalue weighted by Crippen LogP contribution is -2.58. The molecule has 1 saturated carbocycles. The van der Waals surface area contributed by atoms with Gasteiger partial charge in [-0.15, -0.1) is 5.10 Å². The highest BCUT2D eigenvalue weighted by Gasteiger charge is 2.34. The summed E-state index contributed by atoms with van der Waals surface area (Å²) < 4.78 is 0. The predicted molar refractivity (Wildman–Crippen MR) is 90.5 cm³/mol. The van der Waals surface area contributed by atoms with Crippen molar-refractivity contribution < 1.29 is 4.79 Å². The largest absolute Gasteiger partial charge is 0.336 e. The quantitative estimate of drug-likeness (QED) is 0.895. The molecule has 0 spiro atoms. The van der Waals surface area contributed by atoms with Crippen molar-refractivity contribution in [3.8, 4) is 0 Å². The lowest BCUT2D eigenvalue weighted by atomic mass is 9.89. The van der Waals surface area contributed by atoms with Crippen molar-refractivity contribution in [2.24, 2.45) is 0 Å². The summed E-state index contributed by atoms with van der Waals surface area (Å²) in [6.45, 7) is 5.76. The van der Waals surface area contributed by atoms with Gasteiger partial charge >= 0.3 is 6.03 Å². The van der Waals surface area contributed by atoms with Crippen LogP contribution in [0.3, 0.4) is 0 Å².